The molecule has 94 valence electrons. The molecule has 16 heavy (non-hydrogen) atoms. The first kappa shape index (κ1) is 13.8. The highest BCUT2D eigenvalue weighted by Crippen LogP contribution is 2.40. The summed E-state index contributed by atoms with van der Waals surface area (Å²) in [5.74, 6) is -1.41. The maximum atomic E-state index is 12.4. The van der Waals surface area contributed by atoms with Crippen molar-refractivity contribution in [3.8, 4) is 0 Å². The normalized spacial score (nSPS) is 25.9. The van der Waals surface area contributed by atoms with Gasteiger partial charge in [0, 0.05) is 0 Å². The Morgan fingerprint density at radius 2 is 1.44 bits per heavy atom. The number of hydrogen-bond donors (Lipinski definition) is 0. The van der Waals surface area contributed by atoms with Gasteiger partial charge in [-0.25, -0.2) is 0 Å². The highest BCUT2D eigenvalue weighted by atomic mass is 19.4. The van der Waals surface area contributed by atoms with E-state index in [0.717, 1.165) is 6.92 Å². The van der Waals surface area contributed by atoms with Crippen molar-refractivity contribution in [3.05, 3.63) is 0 Å². The van der Waals surface area contributed by atoms with E-state index in [4.69, 9.17) is 9.31 Å². The van der Waals surface area contributed by atoms with Crippen molar-refractivity contribution in [2.75, 3.05) is 0 Å². The van der Waals surface area contributed by atoms with Gasteiger partial charge < -0.3 is 9.31 Å². The van der Waals surface area contributed by atoms with E-state index in [2.05, 4.69) is 0 Å². The molecule has 0 bridgehead atoms. The maximum Gasteiger partial charge on any atom is 0.458 e. The molecule has 1 rings (SSSR count). The minimum absolute atomic E-state index is 0.156. The van der Waals surface area contributed by atoms with Gasteiger partial charge in [-0.15, -0.1) is 0 Å². The summed E-state index contributed by atoms with van der Waals surface area (Å²) in [7, 11) is -0.776. The van der Waals surface area contributed by atoms with Crippen LogP contribution in [0.1, 0.15) is 34.6 Å². The van der Waals surface area contributed by atoms with Crippen LogP contribution in [0, 0.1) is 5.92 Å². The fourth-order valence-electron chi connectivity index (χ4n) is 1.48. The molecule has 2 nitrogen and oxygen atoms in total. The van der Waals surface area contributed by atoms with Gasteiger partial charge in [-0.2, -0.15) is 13.2 Å². The second-order valence-corrected chi connectivity index (χ2v) is 5.36. The second-order valence-electron chi connectivity index (χ2n) is 5.36. The van der Waals surface area contributed by atoms with Crippen LogP contribution in [0.2, 0.25) is 6.32 Å². The van der Waals surface area contributed by atoms with E-state index >= 15 is 0 Å². The predicted octanol–water partition coefficient (Wildman–Crippen LogP) is 3.28. The fraction of sp³-hybridized carbons (Fsp3) is 1.00. The molecule has 0 aliphatic carbocycles. The van der Waals surface area contributed by atoms with E-state index in [1.165, 1.54) is 0 Å². The summed E-state index contributed by atoms with van der Waals surface area (Å²) in [6.45, 7) is 8.44. The van der Waals surface area contributed by atoms with Crippen LogP contribution < -0.4 is 0 Å². The summed E-state index contributed by atoms with van der Waals surface area (Å²) in [6, 6.07) is 0. The van der Waals surface area contributed by atoms with Gasteiger partial charge in [-0.1, -0.05) is 6.92 Å². The quantitative estimate of drug-likeness (QED) is 0.687. The minimum atomic E-state index is -4.19. The molecule has 0 N–H and O–H groups in total. The molecule has 1 heterocycles. The largest absolute Gasteiger partial charge is 0.458 e. The van der Waals surface area contributed by atoms with Crippen LogP contribution in [0.3, 0.4) is 0 Å². The summed E-state index contributed by atoms with van der Waals surface area (Å²) in [4.78, 5) is 0. The zero-order chi connectivity index (χ0) is 12.8. The maximum absolute atomic E-state index is 12.4. The van der Waals surface area contributed by atoms with Crippen molar-refractivity contribution >= 4 is 7.12 Å². The summed E-state index contributed by atoms with van der Waals surface area (Å²) in [5.41, 5.74) is -1.13. The van der Waals surface area contributed by atoms with E-state index in [1.807, 2.05) is 27.7 Å². The lowest BCUT2D eigenvalue weighted by Crippen LogP contribution is -2.41. The number of rotatable bonds is 2. The van der Waals surface area contributed by atoms with E-state index < -0.39 is 30.4 Å². The van der Waals surface area contributed by atoms with E-state index in [-0.39, 0.29) is 6.32 Å². The molecular formula is C10H18BF3O2. The smallest absolute Gasteiger partial charge is 0.403 e. The average Bonchev–Trinajstić information content (AvgIpc) is 2.17. The molecule has 0 spiro atoms. The third kappa shape index (κ3) is 2.72. The molecule has 0 radical (unpaired) electrons. The standard InChI is InChI=1S/C10H18BF3O2/c1-7(10(12,13)14)6-11-15-8(2,3)9(4,5)16-11/h7H,6H2,1-5H3. The molecule has 1 aliphatic rings. The van der Waals surface area contributed by atoms with Crippen LogP contribution >= 0.6 is 0 Å². The molecule has 6 heteroatoms. The molecule has 0 amide bonds. The summed E-state index contributed by atoms with van der Waals surface area (Å²) in [6.07, 6.45) is -4.35. The van der Waals surface area contributed by atoms with Gasteiger partial charge in [-0.3, -0.25) is 0 Å². The number of halogens is 3. The van der Waals surface area contributed by atoms with E-state index in [9.17, 15) is 13.2 Å². The topological polar surface area (TPSA) is 18.5 Å². The van der Waals surface area contributed by atoms with Crippen molar-refractivity contribution in [1.29, 1.82) is 0 Å². The molecule has 1 aliphatic heterocycles. The highest BCUT2D eigenvalue weighted by Gasteiger charge is 2.52. The number of alkyl halides is 3. The van der Waals surface area contributed by atoms with Crippen LogP contribution in [0.5, 0.6) is 0 Å². The molecule has 1 saturated heterocycles. The number of hydrogen-bond acceptors (Lipinski definition) is 2. The molecule has 0 aromatic rings. The molecule has 0 aromatic carbocycles. The zero-order valence-electron chi connectivity index (χ0n) is 10.3. The van der Waals surface area contributed by atoms with E-state index in [1.54, 1.807) is 0 Å². The molecular weight excluding hydrogens is 220 g/mol. The van der Waals surface area contributed by atoms with Gasteiger partial charge in [0.25, 0.3) is 0 Å². The SMILES string of the molecule is CC(CB1OC(C)(C)C(C)(C)O1)C(F)(F)F. The van der Waals surface area contributed by atoms with Crippen molar-refractivity contribution in [2.45, 2.75) is 58.3 Å². The first-order valence-electron chi connectivity index (χ1n) is 5.38. The third-order valence-corrected chi connectivity index (χ3v) is 3.41. The van der Waals surface area contributed by atoms with Crippen molar-refractivity contribution in [1.82, 2.24) is 0 Å². The lowest BCUT2D eigenvalue weighted by atomic mass is 9.78. The lowest BCUT2D eigenvalue weighted by molar-refractivity contribution is -0.165. The summed E-state index contributed by atoms with van der Waals surface area (Å²) < 4.78 is 48.1. The first-order valence-corrected chi connectivity index (χ1v) is 5.38. The second kappa shape index (κ2) is 3.91. The van der Waals surface area contributed by atoms with Crippen LogP contribution in [-0.2, 0) is 9.31 Å². The van der Waals surface area contributed by atoms with Gasteiger partial charge in [0.2, 0.25) is 0 Å². The summed E-state index contributed by atoms with van der Waals surface area (Å²) >= 11 is 0. The highest BCUT2D eigenvalue weighted by molar-refractivity contribution is 6.45. The first-order chi connectivity index (χ1) is 6.96. The molecule has 1 atom stereocenters. The Labute approximate surface area is 94.6 Å². The Kier molecular flexibility index (Phi) is 3.38. The van der Waals surface area contributed by atoms with Gasteiger partial charge >= 0.3 is 13.3 Å². The Morgan fingerprint density at radius 3 is 1.75 bits per heavy atom. The monoisotopic (exact) mass is 238 g/mol. The van der Waals surface area contributed by atoms with Gasteiger partial charge in [-0.05, 0) is 34.0 Å². The molecule has 0 saturated carbocycles. The molecule has 1 fully saturated rings. The van der Waals surface area contributed by atoms with Gasteiger partial charge in [0.1, 0.15) is 0 Å². The van der Waals surface area contributed by atoms with Crippen LogP contribution in [0.15, 0.2) is 0 Å². The van der Waals surface area contributed by atoms with Crippen LogP contribution in [-0.4, -0.2) is 24.5 Å². The zero-order valence-corrected chi connectivity index (χ0v) is 10.3. The Balaban J connectivity index is 2.61. The lowest BCUT2D eigenvalue weighted by Gasteiger charge is -2.32. The molecule has 0 aromatic heterocycles. The Morgan fingerprint density at radius 1 is 1.06 bits per heavy atom. The summed E-state index contributed by atoms with van der Waals surface area (Å²) in [5, 5.41) is 0. The third-order valence-electron chi connectivity index (χ3n) is 3.41. The Hall–Kier alpha value is -0.225. The van der Waals surface area contributed by atoms with E-state index in [0.29, 0.717) is 0 Å². The van der Waals surface area contributed by atoms with Crippen molar-refractivity contribution in [2.24, 2.45) is 5.92 Å². The van der Waals surface area contributed by atoms with Gasteiger partial charge in [0.05, 0.1) is 17.1 Å². The average molecular weight is 238 g/mol. The van der Waals surface area contributed by atoms with Gasteiger partial charge in [0.15, 0.2) is 0 Å². The van der Waals surface area contributed by atoms with Crippen LogP contribution in [0.4, 0.5) is 13.2 Å². The fourth-order valence-corrected chi connectivity index (χ4v) is 1.48. The molecule has 1 unspecified atom stereocenters. The minimum Gasteiger partial charge on any atom is -0.403 e. The van der Waals surface area contributed by atoms with Crippen molar-refractivity contribution < 1.29 is 22.5 Å². The van der Waals surface area contributed by atoms with Crippen LogP contribution in [0.25, 0.3) is 0 Å². The van der Waals surface area contributed by atoms with Crippen molar-refractivity contribution in [3.63, 3.8) is 0 Å². The Bertz CT molecular complexity index is 247. The predicted molar refractivity (Wildman–Crippen MR) is 56.1 cm³/mol.